The molecule has 0 aromatic heterocycles. The maximum atomic E-state index is 12.0. The fraction of sp³-hybridized carbons (Fsp3) is 0.957. The first-order chi connectivity index (χ1) is 13.1. The zero-order valence-electron chi connectivity index (χ0n) is 18.2. The van der Waals surface area contributed by atoms with Gasteiger partial charge in [-0.3, -0.25) is 4.79 Å². The van der Waals surface area contributed by atoms with E-state index in [0.717, 1.165) is 30.4 Å². The molecule has 27 heavy (non-hydrogen) atoms. The molecule has 0 spiro atoms. The van der Waals surface area contributed by atoms with Crippen LogP contribution in [0.15, 0.2) is 0 Å². The van der Waals surface area contributed by atoms with Crippen LogP contribution in [0.4, 0.5) is 0 Å². The van der Waals surface area contributed by atoms with Crippen LogP contribution in [0.1, 0.15) is 103 Å². The number of aliphatic hydroxyl groups is 1. The molecule has 1 unspecified atom stereocenters. The molecule has 4 nitrogen and oxygen atoms in total. The van der Waals surface area contributed by atoms with E-state index in [4.69, 9.17) is 4.74 Å². The van der Waals surface area contributed by atoms with Gasteiger partial charge in [0, 0.05) is 6.42 Å². The lowest BCUT2D eigenvalue weighted by atomic mass is 9.92. The summed E-state index contributed by atoms with van der Waals surface area (Å²) in [7, 11) is 2.22. The topological polar surface area (TPSA) is 46.5 Å². The van der Waals surface area contributed by atoms with E-state index in [1.165, 1.54) is 77.0 Å². The highest BCUT2D eigenvalue weighted by molar-refractivity contribution is 5.69. The number of hydrogen-bond acceptors (Lipinski definition) is 3. The molecule has 1 rings (SSSR count). The van der Waals surface area contributed by atoms with Crippen LogP contribution in [0.2, 0.25) is 0 Å². The lowest BCUT2D eigenvalue weighted by Crippen LogP contribution is -2.56. The number of aliphatic hydroxyl groups excluding tert-OH is 1. The third-order valence-electron chi connectivity index (χ3n) is 6.42. The van der Waals surface area contributed by atoms with Gasteiger partial charge in [0.2, 0.25) is 0 Å². The van der Waals surface area contributed by atoms with Crippen LogP contribution < -0.4 is 0 Å². The minimum Gasteiger partial charge on any atom is -0.460 e. The van der Waals surface area contributed by atoms with Gasteiger partial charge in [-0.25, -0.2) is 0 Å². The molecule has 0 aromatic rings. The molecule has 1 N–H and O–H groups in total. The predicted molar refractivity (Wildman–Crippen MR) is 113 cm³/mol. The van der Waals surface area contributed by atoms with Crippen LogP contribution in [0.3, 0.4) is 0 Å². The fourth-order valence-electron chi connectivity index (χ4n) is 4.43. The Morgan fingerprint density at radius 1 is 0.926 bits per heavy atom. The molecule has 1 fully saturated rings. The van der Waals surface area contributed by atoms with E-state index >= 15 is 0 Å². The van der Waals surface area contributed by atoms with E-state index in [1.54, 1.807) is 0 Å². The van der Waals surface area contributed by atoms with Gasteiger partial charge in [0.15, 0.2) is 0 Å². The Bertz CT molecular complexity index is 369. The van der Waals surface area contributed by atoms with Crippen LogP contribution in [0.25, 0.3) is 0 Å². The summed E-state index contributed by atoms with van der Waals surface area (Å²) in [6.07, 6.45) is 18.4. The highest BCUT2D eigenvalue weighted by Crippen LogP contribution is 2.26. The summed E-state index contributed by atoms with van der Waals surface area (Å²) in [6, 6.07) is 0.613. The number of unbranched alkanes of at least 4 members (excludes halogenated alkanes) is 8. The van der Waals surface area contributed by atoms with E-state index < -0.39 is 0 Å². The maximum Gasteiger partial charge on any atom is 0.305 e. The van der Waals surface area contributed by atoms with Crippen molar-refractivity contribution in [1.29, 1.82) is 0 Å². The Morgan fingerprint density at radius 3 is 2.11 bits per heavy atom. The highest BCUT2D eigenvalue weighted by Gasteiger charge is 2.33. The molecule has 0 aliphatic heterocycles. The summed E-state index contributed by atoms with van der Waals surface area (Å²) in [5.74, 6) is -0.0443. The Kier molecular flexibility index (Phi) is 13.9. The van der Waals surface area contributed by atoms with Crippen molar-refractivity contribution >= 4 is 5.97 Å². The molecule has 0 aromatic carbocycles. The first-order valence-corrected chi connectivity index (χ1v) is 11.7. The number of ether oxygens (including phenoxy) is 1. The SMILES string of the molecule is CCCCCCCCCCCC(=O)OCC[N+](C)(CCO)C1CCCCC1. The number of hydrogen-bond donors (Lipinski definition) is 1. The van der Waals surface area contributed by atoms with Crippen molar-refractivity contribution in [3.63, 3.8) is 0 Å². The smallest absolute Gasteiger partial charge is 0.305 e. The van der Waals surface area contributed by atoms with Gasteiger partial charge in [0.05, 0.1) is 19.7 Å². The second kappa shape index (κ2) is 15.3. The van der Waals surface area contributed by atoms with E-state index in [0.29, 0.717) is 19.1 Å². The summed E-state index contributed by atoms with van der Waals surface area (Å²) in [5.41, 5.74) is 0. The summed E-state index contributed by atoms with van der Waals surface area (Å²) in [6.45, 7) is 4.54. The van der Waals surface area contributed by atoms with Gasteiger partial charge >= 0.3 is 5.97 Å². The lowest BCUT2D eigenvalue weighted by Gasteiger charge is -2.43. The van der Waals surface area contributed by atoms with Gasteiger partial charge in [0.25, 0.3) is 0 Å². The first kappa shape index (κ1) is 24.4. The number of carbonyl (C=O) groups is 1. The van der Waals surface area contributed by atoms with E-state index in [1.807, 2.05) is 0 Å². The minimum absolute atomic E-state index is 0.0443. The summed E-state index contributed by atoms with van der Waals surface area (Å²) < 4.78 is 6.36. The molecule has 1 aliphatic rings. The predicted octanol–water partition coefficient (Wildman–Crippen LogP) is 5.22. The quantitative estimate of drug-likeness (QED) is 0.225. The number of rotatable bonds is 16. The second-order valence-corrected chi connectivity index (χ2v) is 8.74. The van der Waals surface area contributed by atoms with Gasteiger partial charge < -0.3 is 14.3 Å². The molecule has 0 amide bonds. The highest BCUT2D eigenvalue weighted by atomic mass is 16.5. The average Bonchev–Trinajstić information content (AvgIpc) is 2.67. The largest absolute Gasteiger partial charge is 0.460 e. The molecule has 160 valence electrons. The molecule has 0 radical (unpaired) electrons. The van der Waals surface area contributed by atoms with E-state index in [2.05, 4.69) is 14.0 Å². The van der Waals surface area contributed by atoms with Crippen molar-refractivity contribution in [3.8, 4) is 0 Å². The second-order valence-electron chi connectivity index (χ2n) is 8.74. The van der Waals surface area contributed by atoms with Crippen LogP contribution in [-0.2, 0) is 9.53 Å². The van der Waals surface area contributed by atoms with Crippen molar-refractivity contribution in [2.24, 2.45) is 0 Å². The molecule has 4 heteroatoms. The van der Waals surface area contributed by atoms with E-state index in [-0.39, 0.29) is 12.6 Å². The minimum atomic E-state index is -0.0443. The molecule has 0 heterocycles. The number of carbonyl (C=O) groups excluding carboxylic acids is 1. The maximum absolute atomic E-state index is 12.0. The Labute approximate surface area is 168 Å². The Hall–Kier alpha value is -0.610. The molecule has 1 aliphatic carbocycles. The zero-order chi connectivity index (χ0) is 19.8. The van der Waals surface area contributed by atoms with Crippen molar-refractivity contribution in [2.45, 2.75) is 109 Å². The van der Waals surface area contributed by atoms with Crippen molar-refractivity contribution < 1.29 is 19.1 Å². The van der Waals surface area contributed by atoms with Crippen molar-refractivity contribution in [3.05, 3.63) is 0 Å². The lowest BCUT2D eigenvalue weighted by molar-refractivity contribution is -0.935. The van der Waals surface area contributed by atoms with Crippen LogP contribution in [-0.4, -0.2) is 55.0 Å². The Balaban J connectivity index is 2.09. The van der Waals surface area contributed by atoms with E-state index in [9.17, 15) is 9.90 Å². The molecule has 0 bridgehead atoms. The third-order valence-corrected chi connectivity index (χ3v) is 6.42. The van der Waals surface area contributed by atoms with Crippen LogP contribution in [0.5, 0.6) is 0 Å². The monoisotopic (exact) mass is 384 g/mol. The van der Waals surface area contributed by atoms with Gasteiger partial charge in [-0.05, 0) is 32.1 Å². The standard InChI is InChI=1S/C23H46NO3/c1-3-4-5-6-7-8-9-10-14-17-23(26)27-21-19-24(2,18-20-25)22-15-12-11-13-16-22/h22,25H,3-21H2,1-2H3/q+1. The third kappa shape index (κ3) is 11.1. The normalized spacial score (nSPS) is 17.6. The number of quaternary nitrogens is 1. The summed E-state index contributed by atoms with van der Waals surface area (Å²) >= 11 is 0. The summed E-state index contributed by atoms with van der Waals surface area (Å²) in [4.78, 5) is 12.0. The van der Waals surface area contributed by atoms with Gasteiger partial charge in [0.1, 0.15) is 19.7 Å². The fourth-order valence-corrected chi connectivity index (χ4v) is 4.43. The number of likely N-dealkylation sites (N-methyl/N-ethyl adjacent to an activating group) is 1. The molecule has 1 saturated carbocycles. The molecular weight excluding hydrogens is 338 g/mol. The first-order valence-electron chi connectivity index (χ1n) is 11.7. The average molecular weight is 385 g/mol. The van der Waals surface area contributed by atoms with Crippen molar-refractivity contribution in [1.82, 2.24) is 0 Å². The summed E-state index contributed by atoms with van der Waals surface area (Å²) in [5, 5.41) is 9.46. The van der Waals surface area contributed by atoms with Gasteiger partial charge in [-0.2, -0.15) is 0 Å². The van der Waals surface area contributed by atoms with Crippen molar-refractivity contribution in [2.75, 3.05) is 33.4 Å². The van der Waals surface area contributed by atoms with Crippen LogP contribution >= 0.6 is 0 Å². The molecule has 0 saturated heterocycles. The molecule has 1 atom stereocenters. The van der Waals surface area contributed by atoms with Crippen LogP contribution in [0, 0.1) is 0 Å². The Morgan fingerprint density at radius 2 is 1.52 bits per heavy atom. The van der Waals surface area contributed by atoms with Gasteiger partial charge in [-0.15, -0.1) is 0 Å². The number of esters is 1. The van der Waals surface area contributed by atoms with Gasteiger partial charge in [-0.1, -0.05) is 64.7 Å². The zero-order valence-corrected chi connectivity index (χ0v) is 18.2. The molecular formula is C23H46NO3+. The number of nitrogens with zero attached hydrogens (tertiary/aromatic N) is 1.